The van der Waals surface area contributed by atoms with Crippen LogP contribution in [0.2, 0.25) is 5.02 Å². The summed E-state index contributed by atoms with van der Waals surface area (Å²) < 4.78 is 11.4. The molecule has 0 saturated carbocycles. The van der Waals surface area contributed by atoms with Gasteiger partial charge in [-0.15, -0.1) is 0 Å². The first-order chi connectivity index (χ1) is 15.9. The van der Waals surface area contributed by atoms with E-state index < -0.39 is 0 Å². The third kappa shape index (κ3) is 5.88. The zero-order valence-corrected chi connectivity index (χ0v) is 19.7. The third-order valence-corrected chi connectivity index (χ3v) is 5.40. The van der Waals surface area contributed by atoms with Crippen molar-refractivity contribution in [3.63, 3.8) is 0 Å². The lowest BCUT2D eigenvalue weighted by Crippen LogP contribution is -2.37. The standard InChI is InChI=1S/C25H22ClN3O3S/c1-15-11-16(2)24-20(12-15)28-23(32-24)13-17-7-9-18(10-8-17)27-25(33)29-22(30)14-31-21-6-4-3-5-19(21)26/h3-12H,13-14H2,1-2H3,(H2,27,29,30,33). The molecule has 33 heavy (non-hydrogen) atoms. The molecule has 8 heteroatoms. The Kier molecular flexibility index (Phi) is 6.91. The fraction of sp³-hybridized carbons (Fsp3) is 0.160. The van der Waals surface area contributed by atoms with E-state index in [1.807, 2.05) is 44.2 Å². The van der Waals surface area contributed by atoms with Gasteiger partial charge in [-0.1, -0.05) is 41.9 Å². The molecule has 0 spiro atoms. The lowest BCUT2D eigenvalue weighted by atomic mass is 10.1. The summed E-state index contributed by atoms with van der Waals surface area (Å²) in [5.41, 5.74) is 5.74. The number of fused-ring (bicyclic) bond motifs is 1. The Hall–Kier alpha value is -3.42. The van der Waals surface area contributed by atoms with Gasteiger partial charge in [-0.25, -0.2) is 4.98 Å². The molecule has 0 atom stereocenters. The number of ether oxygens (including phenoxy) is 1. The van der Waals surface area contributed by atoms with Crippen LogP contribution in [0.25, 0.3) is 11.1 Å². The Morgan fingerprint density at radius 2 is 1.88 bits per heavy atom. The topological polar surface area (TPSA) is 76.4 Å². The Balaban J connectivity index is 1.30. The summed E-state index contributed by atoms with van der Waals surface area (Å²) in [5.74, 6) is 0.722. The summed E-state index contributed by atoms with van der Waals surface area (Å²) >= 11 is 11.2. The van der Waals surface area contributed by atoms with Gasteiger partial charge in [0, 0.05) is 12.1 Å². The van der Waals surface area contributed by atoms with E-state index in [0.717, 1.165) is 33.5 Å². The van der Waals surface area contributed by atoms with Crippen LogP contribution in [0.4, 0.5) is 5.69 Å². The number of aromatic nitrogens is 1. The molecule has 0 unspecified atom stereocenters. The Bertz CT molecular complexity index is 1320. The van der Waals surface area contributed by atoms with Crippen molar-refractivity contribution < 1.29 is 13.9 Å². The number of nitrogens with zero attached hydrogens (tertiary/aromatic N) is 1. The first-order valence-electron chi connectivity index (χ1n) is 10.3. The molecule has 0 saturated heterocycles. The second-order valence-corrected chi connectivity index (χ2v) is 8.45. The molecule has 0 bridgehead atoms. The summed E-state index contributed by atoms with van der Waals surface area (Å²) in [7, 11) is 0. The molecule has 0 fully saturated rings. The number of halogens is 1. The maximum Gasteiger partial charge on any atom is 0.264 e. The highest BCUT2D eigenvalue weighted by Crippen LogP contribution is 2.24. The molecule has 168 valence electrons. The van der Waals surface area contributed by atoms with Crippen LogP contribution in [-0.4, -0.2) is 22.6 Å². The minimum absolute atomic E-state index is 0.181. The van der Waals surface area contributed by atoms with Gasteiger partial charge in [0.2, 0.25) is 0 Å². The molecular formula is C25H22ClN3O3S. The smallest absolute Gasteiger partial charge is 0.264 e. The highest BCUT2D eigenvalue weighted by Gasteiger charge is 2.11. The predicted molar refractivity (Wildman–Crippen MR) is 134 cm³/mol. The zero-order valence-electron chi connectivity index (χ0n) is 18.1. The highest BCUT2D eigenvalue weighted by molar-refractivity contribution is 7.80. The summed E-state index contributed by atoms with van der Waals surface area (Å²) in [6, 6.07) is 18.7. The molecule has 2 N–H and O–H groups in total. The van der Waals surface area contributed by atoms with Gasteiger partial charge in [0.15, 0.2) is 23.2 Å². The monoisotopic (exact) mass is 479 g/mol. The van der Waals surface area contributed by atoms with Crippen molar-refractivity contribution in [1.29, 1.82) is 0 Å². The van der Waals surface area contributed by atoms with Gasteiger partial charge < -0.3 is 14.5 Å². The molecular weight excluding hydrogens is 458 g/mol. The summed E-state index contributed by atoms with van der Waals surface area (Å²) in [5, 5.41) is 6.19. The number of thiocarbonyl (C=S) groups is 1. The van der Waals surface area contributed by atoms with Crippen LogP contribution >= 0.6 is 23.8 Å². The van der Waals surface area contributed by atoms with Crippen LogP contribution in [0, 0.1) is 13.8 Å². The fourth-order valence-electron chi connectivity index (χ4n) is 3.41. The Morgan fingerprint density at radius 3 is 2.64 bits per heavy atom. The molecule has 1 heterocycles. The number of hydrogen-bond acceptors (Lipinski definition) is 5. The Labute approximate surface area is 201 Å². The number of benzene rings is 3. The molecule has 0 aliphatic heterocycles. The van der Waals surface area contributed by atoms with Gasteiger partial charge in [0.1, 0.15) is 11.3 Å². The normalized spacial score (nSPS) is 10.8. The van der Waals surface area contributed by atoms with E-state index in [9.17, 15) is 4.79 Å². The average molecular weight is 480 g/mol. The summed E-state index contributed by atoms with van der Waals surface area (Å²) in [6.45, 7) is 3.87. The van der Waals surface area contributed by atoms with E-state index in [-0.39, 0.29) is 17.6 Å². The predicted octanol–water partition coefficient (Wildman–Crippen LogP) is 5.58. The van der Waals surface area contributed by atoms with Crippen LogP contribution < -0.4 is 15.4 Å². The second kappa shape index (κ2) is 10.0. The molecule has 0 radical (unpaired) electrons. The van der Waals surface area contributed by atoms with Crippen molar-refractivity contribution in [2.75, 3.05) is 11.9 Å². The van der Waals surface area contributed by atoms with E-state index in [0.29, 0.717) is 23.1 Å². The molecule has 0 aliphatic rings. The van der Waals surface area contributed by atoms with Crippen molar-refractivity contribution in [1.82, 2.24) is 10.3 Å². The maximum absolute atomic E-state index is 12.1. The maximum atomic E-state index is 12.1. The number of aryl methyl sites for hydroxylation is 2. The van der Waals surface area contributed by atoms with Crippen LogP contribution in [0.3, 0.4) is 0 Å². The average Bonchev–Trinajstić information content (AvgIpc) is 3.17. The molecule has 4 rings (SSSR count). The van der Waals surface area contributed by atoms with Crippen LogP contribution in [0.5, 0.6) is 5.75 Å². The molecule has 3 aromatic carbocycles. The van der Waals surface area contributed by atoms with Crippen molar-refractivity contribution in [2.24, 2.45) is 0 Å². The van der Waals surface area contributed by atoms with E-state index in [1.165, 1.54) is 0 Å². The SMILES string of the molecule is Cc1cc(C)c2oc(Cc3ccc(NC(=S)NC(=O)COc4ccccc4Cl)cc3)nc2c1. The van der Waals surface area contributed by atoms with Gasteiger partial charge in [0.25, 0.3) is 5.91 Å². The van der Waals surface area contributed by atoms with Crippen molar-refractivity contribution in [3.8, 4) is 5.75 Å². The highest BCUT2D eigenvalue weighted by atomic mass is 35.5. The number of anilines is 1. The van der Waals surface area contributed by atoms with Gasteiger partial charge in [-0.3, -0.25) is 10.1 Å². The van der Waals surface area contributed by atoms with Crippen LogP contribution in [-0.2, 0) is 11.2 Å². The number of hydrogen-bond donors (Lipinski definition) is 2. The molecule has 1 aromatic heterocycles. The molecule has 1 amide bonds. The van der Waals surface area contributed by atoms with Crippen molar-refractivity contribution >= 4 is 51.6 Å². The quantitative estimate of drug-likeness (QED) is 0.351. The zero-order chi connectivity index (χ0) is 23.4. The molecule has 0 aliphatic carbocycles. The lowest BCUT2D eigenvalue weighted by molar-refractivity contribution is -0.121. The lowest BCUT2D eigenvalue weighted by Gasteiger charge is -2.11. The van der Waals surface area contributed by atoms with Gasteiger partial charge in [0.05, 0.1) is 5.02 Å². The third-order valence-electron chi connectivity index (χ3n) is 4.88. The summed E-state index contributed by atoms with van der Waals surface area (Å²) in [4.78, 5) is 16.7. The minimum Gasteiger partial charge on any atom is -0.482 e. The molecule has 6 nitrogen and oxygen atoms in total. The number of para-hydroxylation sites is 1. The Morgan fingerprint density at radius 1 is 1.12 bits per heavy atom. The van der Waals surface area contributed by atoms with E-state index in [1.54, 1.807) is 24.3 Å². The van der Waals surface area contributed by atoms with Crippen LogP contribution in [0.1, 0.15) is 22.6 Å². The van der Waals surface area contributed by atoms with Crippen LogP contribution in [0.15, 0.2) is 65.1 Å². The molecule has 4 aromatic rings. The first kappa shape index (κ1) is 22.8. The van der Waals surface area contributed by atoms with Crippen molar-refractivity contribution in [2.45, 2.75) is 20.3 Å². The van der Waals surface area contributed by atoms with E-state index >= 15 is 0 Å². The van der Waals surface area contributed by atoms with Gasteiger partial charge in [-0.05, 0) is 73.1 Å². The van der Waals surface area contributed by atoms with E-state index in [2.05, 4.69) is 21.7 Å². The number of oxazole rings is 1. The first-order valence-corrected chi connectivity index (χ1v) is 11.1. The van der Waals surface area contributed by atoms with E-state index in [4.69, 9.17) is 33.0 Å². The number of nitrogens with one attached hydrogen (secondary N) is 2. The number of amides is 1. The number of carbonyl (C=O) groups is 1. The van der Waals surface area contributed by atoms with Gasteiger partial charge in [-0.2, -0.15) is 0 Å². The minimum atomic E-state index is -0.384. The number of carbonyl (C=O) groups excluding carboxylic acids is 1. The fourth-order valence-corrected chi connectivity index (χ4v) is 3.83. The summed E-state index contributed by atoms with van der Waals surface area (Å²) in [6.07, 6.45) is 0.577. The largest absolute Gasteiger partial charge is 0.482 e. The number of rotatable bonds is 6. The van der Waals surface area contributed by atoms with Gasteiger partial charge >= 0.3 is 0 Å². The van der Waals surface area contributed by atoms with Crippen molar-refractivity contribution in [3.05, 3.63) is 88.3 Å². The second-order valence-electron chi connectivity index (χ2n) is 7.63.